The van der Waals surface area contributed by atoms with Crippen LogP contribution in [0.4, 0.5) is 5.69 Å². The van der Waals surface area contributed by atoms with Gasteiger partial charge in [-0.3, -0.25) is 14.9 Å². The maximum Gasteiger partial charge on any atom is 0.272 e. The van der Waals surface area contributed by atoms with Crippen molar-refractivity contribution in [1.29, 1.82) is 0 Å². The van der Waals surface area contributed by atoms with Gasteiger partial charge in [-0.25, -0.2) is 0 Å². The number of nitrogens with zero attached hydrogens (tertiary/aromatic N) is 1. The van der Waals surface area contributed by atoms with Gasteiger partial charge in [0.15, 0.2) is 0 Å². The van der Waals surface area contributed by atoms with Gasteiger partial charge >= 0.3 is 0 Å². The number of rotatable bonds is 4. The molecule has 19 heavy (non-hydrogen) atoms. The summed E-state index contributed by atoms with van der Waals surface area (Å²) in [6.07, 6.45) is 2.07. The van der Waals surface area contributed by atoms with E-state index in [0.717, 1.165) is 19.4 Å². The molecule has 0 saturated carbocycles. The van der Waals surface area contributed by atoms with Crippen LogP contribution in [0.25, 0.3) is 0 Å². The third-order valence-electron chi connectivity index (χ3n) is 3.17. The topological polar surface area (TPSA) is 81.5 Å². The van der Waals surface area contributed by atoms with Crippen molar-refractivity contribution < 1.29 is 14.5 Å². The molecule has 1 saturated heterocycles. The number of ether oxygens (including phenoxy) is 1. The summed E-state index contributed by atoms with van der Waals surface area (Å²) in [7, 11) is 0. The Morgan fingerprint density at radius 2 is 2.37 bits per heavy atom. The molecule has 1 aliphatic rings. The summed E-state index contributed by atoms with van der Waals surface area (Å²) < 4.78 is 5.41. The van der Waals surface area contributed by atoms with Crippen molar-refractivity contribution in [3.05, 3.63) is 39.4 Å². The fourth-order valence-electron chi connectivity index (χ4n) is 2.12. The molecular weight excluding hydrogens is 248 g/mol. The Labute approximate surface area is 110 Å². The molecule has 0 aliphatic carbocycles. The second-order valence-corrected chi connectivity index (χ2v) is 4.60. The Morgan fingerprint density at radius 1 is 1.58 bits per heavy atom. The highest BCUT2D eigenvalue weighted by atomic mass is 16.6. The molecule has 6 nitrogen and oxygen atoms in total. The minimum atomic E-state index is -0.455. The molecule has 1 atom stereocenters. The van der Waals surface area contributed by atoms with Crippen LogP contribution >= 0.6 is 0 Å². The fourth-order valence-corrected chi connectivity index (χ4v) is 2.12. The first-order chi connectivity index (χ1) is 9.08. The van der Waals surface area contributed by atoms with Crippen LogP contribution in [-0.2, 0) is 4.74 Å². The van der Waals surface area contributed by atoms with Gasteiger partial charge in [-0.2, -0.15) is 0 Å². The number of hydrogen-bond acceptors (Lipinski definition) is 4. The number of amides is 1. The van der Waals surface area contributed by atoms with Gasteiger partial charge in [0.25, 0.3) is 11.6 Å². The van der Waals surface area contributed by atoms with Crippen molar-refractivity contribution in [2.45, 2.75) is 25.9 Å². The molecule has 1 aromatic rings. The van der Waals surface area contributed by atoms with Crippen LogP contribution in [0.2, 0.25) is 0 Å². The van der Waals surface area contributed by atoms with Crippen LogP contribution < -0.4 is 5.32 Å². The summed E-state index contributed by atoms with van der Waals surface area (Å²) in [6.45, 7) is 2.85. The van der Waals surface area contributed by atoms with Crippen molar-refractivity contribution in [1.82, 2.24) is 5.32 Å². The van der Waals surface area contributed by atoms with Crippen LogP contribution in [-0.4, -0.2) is 30.1 Å². The van der Waals surface area contributed by atoms with Gasteiger partial charge in [0.1, 0.15) is 0 Å². The molecule has 0 radical (unpaired) electrons. The van der Waals surface area contributed by atoms with Gasteiger partial charge in [0.2, 0.25) is 0 Å². The zero-order chi connectivity index (χ0) is 13.8. The highest BCUT2D eigenvalue weighted by molar-refractivity contribution is 5.94. The molecule has 0 aromatic heterocycles. The third kappa shape index (κ3) is 3.29. The van der Waals surface area contributed by atoms with Gasteiger partial charge in [-0.1, -0.05) is 0 Å². The summed E-state index contributed by atoms with van der Waals surface area (Å²) in [6, 6.07) is 4.36. The van der Waals surface area contributed by atoms with Crippen LogP contribution in [0, 0.1) is 17.0 Å². The van der Waals surface area contributed by atoms with Crippen LogP contribution in [0.1, 0.15) is 28.8 Å². The number of nitrogens with one attached hydrogen (secondary N) is 1. The first-order valence-corrected chi connectivity index (χ1v) is 6.23. The molecular formula is C13H16N2O4. The summed E-state index contributed by atoms with van der Waals surface area (Å²) in [5, 5.41) is 13.5. The van der Waals surface area contributed by atoms with Crippen LogP contribution in [0.5, 0.6) is 0 Å². The van der Waals surface area contributed by atoms with E-state index in [9.17, 15) is 14.9 Å². The lowest BCUT2D eigenvalue weighted by atomic mass is 10.1. The highest BCUT2D eigenvalue weighted by Gasteiger charge is 2.18. The lowest BCUT2D eigenvalue weighted by molar-refractivity contribution is -0.385. The lowest BCUT2D eigenvalue weighted by Gasteiger charge is -2.11. The number of aryl methyl sites for hydroxylation is 1. The maximum absolute atomic E-state index is 11.9. The molecule has 0 bridgehead atoms. The van der Waals surface area contributed by atoms with Crippen LogP contribution in [0.3, 0.4) is 0 Å². The summed E-state index contributed by atoms with van der Waals surface area (Å²) >= 11 is 0. The Morgan fingerprint density at radius 3 is 2.95 bits per heavy atom. The number of nitro groups is 1. The molecule has 6 heteroatoms. The molecule has 1 aliphatic heterocycles. The van der Waals surface area contributed by atoms with Gasteiger partial charge in [0.05, 0.1) is 11.0 Å². The molecule has 1 N–H and O–H groups in total. The van der Waals surface area contributed by atoms with E-state index in [1.54, 1.807) is 6.92 Å². The summed E-state index contributed by atoms with van der Waals surface area (Å²) in [5.74, 6) is -0.228. The largest absolute Gasteiger partial charge is 0.376 e. The molecule has 0 unspecified atom stereocenters. The summed E-state index contributed by atoms with van der Waals surface area (Å²) in [4.78, 5) is 22.1. The van der Waals surface area contributed by atoms with Crippen molar-refractivity contribution >= 4 is 11.6 Å². The minimum Gasteiger partial charge on any atom is -0.376 e. The number of benzene rings is 1. The number of carbonyl (C=O) groups excluding carboxylic acids is 1. The van der Waals surface area contributed by atoms with E-state index < -0.39 is 4.92 Å². The van der Waals surface area contributed by atoms with E-state index in [-0.39, 0.29) is 17.7 Å². The lowest BCUT2D eigenvalue weighted by Crippen LogP contribution is -2.31. The molecule has 102 valence electrons. The minimum absolute atomic E-state index is 0.0238. The zero-order valence-electron chi connectivity index (χ0n) is 10.7. The second kappa shape index (κ2) is 5.79. The quantitative estimate of drug-likeness (QED) is 0.664. The van der Waals surface area contributed by atoms with E-state index in [4.69, 9.17) is 4.74 Å². The normalized spacial score (nSPS) is 18.3. The van der Waals surface area contributed by atoms with Crippen molar-refractivity contribution in [3.8, 4) is 0 Å². The van der Waals surface area contributed by atoms with Gasteiger partial charge in [-0.05, 0) is 31.9 Å². The predicted octanol–water partition coefficient (Wildman–Crippen LogP) is 1.81. The van der Waals surface area contributed by atoms with Crippen molar-refractivity contribution in [2.75, 3.05) is 13.2 Å². The number of carbonyl (C=O) groups is 1. The van der Waals surface area contributed by atoms with Gasteiger partial charge in [0, 0.05) is 30.3 Å². The standard InChI is InChI=1S/C13H16N2O4/c1-9-7-10(4-5-12(9)15(17)18)13(16)14-8-11-3-2-6-19-11/h4-5,7,11H,2-3,6,8H2,1H3,(H,14,16)/t11-/m0/s1. The zero-order valence-corrected chi connectivity index (χ0v) is 10.7. The smallest absolute Gasteiger partial charge is 0.272 e. The number of nitro benzene ring substituents is 1. The Hall–Kier alpha value is -1.95. The van der Waals surface area contributed by atoms with Crippen molar-refractivity contribution in [2.24, 2.45) is 0 Å². The molecule has 1 heterocycles. The molecule has 2 rings (SSSR count). The predicted molar refractivity (Wildman–Crippen MR) is 69.1 cm³/mol. The Kier molecular flexibility index (Phi) is 4.11. The number of hydrogen-bond donors (Lipinski definition) is 1. The van der Waals surface area contributed by atoms with E-state index in [1.165, 1.54) is 18.2 Å². The van der Waals surface area contributed by atoms with E-state index in [0.29, 0.717) is 17.7 Å². The average molecular weight is 264 g/mol. The highest BCUT2D eigenvalue weighted by Crippen LogP contribution is 2.18. The second-order valence-electron chi connectivity index (χ2n) is 4.60. The van der Waals surface area contributed by atoms with E-state index >= 15 is 0 Å². The molecule has 1 aromatic carbocycles. The van der Waals surface area contributed by atoms with E-state index in [2.05, 4.69) is 5.32 Å². The average Bonchev–Trinajstić information content (AvgIpc) is 2.88. The third-order valence-corrected chi connectivity index (χ3v) is 3.17. The molecule has 1 amide bonds. The Bertz CT molecular complexity index is 495. The SMILES string of the molecule is Cc1cc(C(=O)NC[C@@H]2CCCO2)ccc1[N+](=O)[O-]. The summed E-state index contributed by atoms with van der Waals surface area (Å²) in [5.41, 5.74) is 0.937. The molecule has 0 spiro atoms. The monoisotopic (exact) mass is 264 g/mol. The van der Waals surface area contributed by atoms with Gasteiger partial charge < -0.3 is 10.1 Å². The van der Waals surface area contributed by atoms with Crippen LogP contribution in [0.15, 0.2) is 18.2 Å². The maximum atomic E-state index is 11.9. The van der Waals surface area contributed by atoms with Crippen molar-refractivity contribution in [3.63, 3.8) is 0 Å². The van der Waals surface area contributed by atoms with Gasteiger partial charge in [-0.15, -0.1) is 0 Å². The first kappa shape index (κ1) is 13.5. The molecule has 1 fully saturated rings. The van der Waals surface area contributed by atoms with E-state index in [1.807, 2.05) is 0 Å². The first-order valence-electron chi connectivity index (χ1n) is 6.23. The Balaban J connectivity index is 1.98. The fraction of sp³-hybridized carbons (Fsp3) is 0.462.